The lowest BCUT2D eigenvalue weighted by Gasteiger charge is -2.03. The van der Waals surface area contributed by atoms with Gasteiger partial charge in [-0.25, -0.2) is 0 Å². The molecule has 0 atom stereocenters. The number of esters is 2. The van der Waals surface area contributed by atoms with Crippen LogP contribution in [0.1, 0.15) is 26.7 Å². The van der Waals surface area contributed by atoms with Crippen LogP contribution >= 0.6 is 21.6 Å². The van der Waals surface area contributed by atoms with E-state index in [1.807, 2.05) is 0 Å². The Hall–Kier alpha value is -0.360. The van der Waals surface area contributed by atoms with Gasteiger partial charge in [-0.3, -0.25) is 9.59 Å². The van der Waals surface area contributed by atoms with Crippen LogP contribution in [0.3, 0.4) is 0 Å². The minimum atomic E-state index is -0.164. The number of carbonyl (C=O) groups excluding carboxylic acids is 2. The van der Waals surface area contributed by atoms with Gasteiger partial charge in [-0.15, -0.1) is 0 Å². The van der Waals surface area contributed by atoms with Crippen LogP contribution < -0.4 is 0 Å². The van der Waals surface area contributed by atoms with Gasteiger partial charge in [0.05, 0.1) is 0 Å². The molecule has 0 aliphatic carbocycles. The number of ether oxygens (including phenoxy) is 2. The third-order valence-corrected chi connectivity index (χ3v) is 3.85. The van der Waals surface area contributed by atoms with Crippen molar-refractivity contribution in [2.45, 2.75) is 26.7 Å². The summed E-state index contributed by atoms with van der Waals surface area (Å²) in [5.41, 5.74) is 0. The second-order valence-electron chi connectivity index (χ2n) is 2.79. The zero-order valence-electron chi connectivity index (χ0n) is 9.69. The molecule has 0 bridgehead atoms. The standard InChI is InChI=1S/C10H18O4S2/c1-3-9(11)13-5-7-15-16-8-6-14-10(12)4-2/h3-8H2,1-2H3. The molecule has 0 N–H and O–H groups in total. The zero-order valence-corrected chi connectivity index (χ0v) is 11.3. The predicted octanol–water partition coefficient (Wildman–Crippen LogP) is 2.27. The van der Waals surface area contributed by atoms with E-state index in [0.29, 0.717) is 26.1 Å². The van der Waals surface area contributed by atoms with Crippen LogP contribution in [0.25, 0.3) is 0 Å². The van der Waals surface area contributed by atoms with Gasteiger partial charge in [-0.05, 0) is 0 Å². The van der Waals surface area contributed by atoms with E-state index >= 15 is 0 Å². The summed E-state index contributed by atoms with van der Waals surface area (Å²) in [6, 6.07) is 0. The minimum Gasteiger partial charge on any atom is -0.465 e. The van der Waals surface area contributed by atoms with E-state index < -0.39 is 0 Å². The molecule has 0 aliphatic heterocycles. The van der Waals surface area contributed by atoms with Gasteiger partial charge >= 0.3 is 11.9 Å². The van der Waals surface area contributed by atoms with Crippen molar-refractivity contribution in [2.24, 2.45) is 0 Å². The average Bonchev–Trinajstić information content (AvgIpc) is 2.31. The Labute approximate surface area is 104 Å². The van der Waals surface area contributed by atoms with Crippen molar-refractivity contribution in [3.63, 3.8) is 0 Å². The fourth-order valence-electron chi connectivity index (χ4n) is 0.701. The monoisotopic (exact) mass is 266 g/mol. The molecule has 16 heavy (non-hydrogen) atoms. The van der Waals surface area contributed by atoms with Crippen molar-refractivity contribution >= 4 is 33.5 Å². The molecule has 0 amide bonds. The molecular weight excluding hydrogens is 248 g/mol. The third-order valence-electron chi connectivity index (χ3n) is 1.52. The minimum absolute atomic E-state index is 0.164. The lowest BCUT2D eigenvalue weighted by molar-refractivity contribution is -0.143. The van der Waals surface area contributed by atoms with Crippen molar-refractivity contribution in [3.8, 4) is 0 Å². The van der Waals surface area contributed by atoms with Gasteiger partial charge in [0.2, 0.25) is 0 Å². The molecule has 0 rings (SSSR count). The number of hydrogen-bond donors (Lipinski definition) is 0. The van der Waals surface area contributed by atoms with Crippen molar-refractivity contribution in [1.82, 2.24) is 0 Å². The van der Waals surface area contributed by atoms with Gasteiger partial charge in [0.1, 0.15) is 13.2 Å². The molecule has 0 saturated heterocycles. The normalized spacial score (nSPS) is 9.88. The summed E-state index contributed by atoms with van der Waals surface area (Å²) < 4.78 is 9.79. The van der Waals surface area contributed by atoms with Gasteiger partial charge in [0, 0.05) is 24.3 Å². The number of hydrogen-bond acceptors (Lipinski definition) is 6. The topological polar surface area (TPSA) is 52.6 Å². The molecular formula is C10H18O4S2. The molecule has 0 spiro atoms. The fourth-order valence-corrected chi connectivity index (χ4v) is 2.35. The molecule has 0 aromatic rings. The summed E-state index contributed by atoms with van der Waals surface area (Å²) >= 11 is 0. The van der Waals surface area contributed by atoms with E-state index in [1.54, 1.807) is 35.4 Å². The predicted molar refractivity (Wildman–Crippen MR) is 67.4 cm³/mol. The Morgan fingerprint density at radius 3 is 1.56 bits per heavy atom. The SMILES string of the molecule is CCC(=O)OCCSSCCOC(=O)CC. The van der Waals surface area contributed by atoms with Crippen LogP contribution in [0.4, 0.5) is 0 Å². The quantitative estimate of drug-likeness (QED) is 0.362. The van der Waals surface area contributed by atoms with E-state index in [2.05, 4.69) is 0 Å². The highest BCUT2D eigenvalue weighted by Gasteiger charge is 1.99. The number of rotatable bonds is 9. The summed E-state index contributed by atoms with van der Waals surface area (Å²) in [5, 5.41) is 0. The first kappa shape index (κ1) is 15.6. The van der Waals surface area contributed by atoms with Crippen molar-refractivity contribution in [1.29, 1.82) is 0 Å². The van der Waals surface area contributed by atoms with Gasteiger partial charge in [0.15, 0.2) is 0 Å². The summed E-state index contributed by atoms with van der Waals surface area (Å²) in [5.74, 6) is 1.20. The largest absolute Gasteiger partial charge is 0.465 e. The first-order valence-corrected chi connectivity index (χ1v) is 7.75. The van der Waals surface area contributed by atoms with Gasteiger partial charge in [-0.2, -0.15) is 0 Å². The van der Waals surface area contributed by atoms with Crippen LogP contribution in [0.2, 0.25) is 0 Å². The van der Waals surface area contributed by atoms with Crippen molar-refractivity contribution < 1.29 is 19.1 Å². The number of carbonyl (C=O) groups is 2. The molecule has 0 saturated carbocycles. The van der Waals surface area contributed by atoms with Gasteiger partial charge in [-0.1, -0.05) is 35.4 Å². The molecule has 0 radical (unpaired) electrons. The molecule has 0 heterocycles. The van der Waals surface area contributed by atoms with E-state index in [9.17, 15) is 9.59 Å². The van der Waals surface area contributed by atoms with Gasteiger partial charge in [0.25, 0.3) is 0 Å². The maximum Gasteiger partial charge on any atom is 0.305 e. The molecule has 94 valence electrons. The third kappa shape index (κ3) is 10.2. The molecule has 0 fully saturated rings. The van der Waals surface area contributed by atoms with Crippen LogP contribution in [-0.4, -0.2) is 36.7 Å². The molecule has 0 aromatic heterocycles. The van der Waals surface area contributed by atoms with Crippen molar-refractivity contribution in [3.05, 3.63) is 0 Å². The Bertz CT molecular complexity index is 187. The van der Waals surface area contributed by atoms with E-state index in [1.165, 1.54) is 0 Å². The summed E-state index contributed by atoms with van der Waals surface area (Å²) in [4.78, 5) is 21.5. The Balaban J connectivity index is 3.10. The first-order chi connectivity index (χ1) is 7.70. The van der Waals surface area contributed by atoms with Crippen LogP contribution in [0.15, 0.2) is 0 Å². The average molecular weight is 266 g/mol. The Morgan fingerprint density at radius 2 is 1.25 bits per heavy atom. The molecule has 0 aliphatic rings. The highest BCUT2D eigenvalue weighted by Crippen LogP contribution is 2.20. The van der Waals surface area contributed by atoms with E-state index in [-0.39, 0.29) is 11.9 Å². The summed E-state index contributed by atoms with van der Waals surface area (Å²) in [6.45, 7) is 4.43. The molecule has 6 heteroatoms. The fraction of sp³-hybridized carbons (Fsp3) is 0.800. The smallest absolute Gasteiger partial charge is 0.305 e. The van der Waals surface area contributed by atoms with Gasteiger partial charge < -0.3 is 9.47 Å². The second-order valence-corrected chi connectivity index (χ2v) is 5.49. The lowest BCUT2D eigenvalue weighted by Crippen LogP contribution is -2.06. The second kappa shape index (κ2) is 11.1. The highest BCUT2D eigenvalue weighted by molar-refractivity contribution is 8.76. The van der Waals surface area contributed by atoms with Crippen LogP contribution in [0.5, 0.6) is 0 Å². The summed E-state index contributed by atoms with van der Waals surface area (Å²) in [6.07, 6.45) is 0.843. The highest BCUT2D eigenvalue weighted by atomic mass is 33.1. The molecule has 0 unspecified atom stereocenters. The van der Waals surface area contributed by atoms with E-state index in [4.69, 9.17) is 9.47 Å². The van der Waals surface area contributed by atoms with Crippen LogP contribution in [0, 0.1) is 0 Å². The molecule has 0 aromatic carbocycles. The first-order valence-electron chi connectivity index (χ1n) is 5.26. The molecule has 4 nitrogen and oxygen atoms in total. The maximum atomic E-state index is 10.8. The van der Waals surface area contributed by atoms with E-state index in [0.717, 1.165) is 11.5 Å². The lowest BCUT2D eigenvalue weighted by atomic mass is 10.5. The zero-order chi connectivity index (χ0) is 12.2. The van der Waals surface area contributed by atoms with Crippen LogP contribution in [-0.2, 0) is 19.1 Å². The Kier molecular flexibility index (Phi) is 10.9. The van der Waals surface area contributed by atoms with Crippen molar-refractivity contribution in [2.75, 3.05) is 24.7 Å². The maximum absolute atomic E-state index is 10.8. The Morgan fingerprint density at radius 1 is 0.875 bits per heavy atom. The summed E-state index contributed by atoms with van der Waals surface area (Å²) in [7, 11) is 3.23.